The van der Waals surface area contributed by atoms with Crippen molar-refractivity contribution < 1.29 is 4.79 Å². The molecule has 1 unspecified atom stereocenters. The van der Waals surface area contributed by atoms with Crippen molar-refractivity contribution in [1.82, 2.24) is 15.5 Å². The topological polar surface area (TPSA) is 54.9 Å². The van der Waals surface area contributed by atoms with Gasteiger partial charge in [0.05, 0.1) is 0 Å². The highest BCUT2D eigenvalue weighted by Gasteiger charge is 2.13. The first-order valence-corrected chi connectivity index (χ1v) is 5.62. The Kier molecular flexibility index (Phi) is 4.28. The highest BCUT2D eigenvalue weighted by molar-refractivity contribution is 7.17. The third-order valence-corrected chi connectivity index (χ3v) is 2.71. The second-order valence-corrected chi connectivity index (χ2v) is 4.58. The Hall–Kier alpha value is -0.680. The molecule has 0 aliphatic heterocycles. The zero-order valence-electron chi connectivity index (χ0n) is 8.08. The fraction of sp³-hybridized carbons (Fsp3) is 0.625. The van der Waals surface area contributed by atoms with Crippen LogP contribution in [0.1, 0.15) is 36.5 Å². The molecule has 1 N–H and O–H groups in total. The van der Waals surface area contributed by atoms with Gasteiger partial charge in [0.15, 0.2) is 0 Å². The second-order valence-electron chi connectivity index (χ2n) is 3.02. The van der Waals surface area contributed by atoms with Gasteiger partial charge in [-0.05, 0) is 24.9 Å². The summed E-state index contributed by atoms with van der Waals surface area (Å²) in [6.45, 7) is 4.04. The molecule has 1 heterocycles. The molecule has 14 heavy (non-hydrogen) atoms. The van der Waals surface area contributed by atoms with Gasteiger partial charge in [-0.25, -0.2) is 0 Å². The minimum Gasteiger partial charge on any atom is -0.347 e. The number of nitrogens with zero attached hydrogens (tertiary/aromatic N) is 2. The van der Waals surface area contributed by atoms with Crippen LogP contribution in [-0.2, 0) is 0 Å². The van der Waals surface area contributed by atoms with Crippen LogP contribution < -0.4 is 5.32 Å². The monoisotopic (exact) mass is 233 g/mol. The van der Waals surface area contributed by atoms with Crippen LogP contribution in [0.3, 0.4) is 0 Å². The van der Waals surface area contributed by atoms with Crippen molar-refractivity contribution in [2.75, 3.05) is 0 Å². The van der Waals surface area contributed by atoms with Crippen LogP contribution in [0, 0.1) is 0 Å². The smallest absolute Gasteiger partial charge is 0.282 e. The standard InChI is InChI=1S/C8H12ClN3OS/c1-3-4-5(2)10-6(13)7-11-12-8(9)14-7/h5H,3-4H2,1-2H3,(H,10,13). The number of carbonyl (C=O) groups is 1. The first-order chi connectivity index (χ1) is 6.63. The van der Waals surface area contributed by atoms with E-state index in [1.807, 2.05) is 6.92 Å². The summed E-state index contributed by atoms with van der Waals surface area (Å²) in [5.41, 5.74) is 0. The summed E-state index contributed by atoms with van der Waals surface area (Å²) in [6.07, 6.45) is 2.00. The lowest BCUT2D eigenvalue weighted by Gasteiger charge is -2.10. The van der Waals surface area contributed by atoms with Crippen LogP contribution in [-0.4, -0.2) is 22.1 Å². The molecule has 0 bridgehead atoms. The molecular weight excluding hydrogens is 222 g/mol. The van der Waals surface area contributed by atoms with E-state index < -0.39 is 0 Å². The normalized spacial score (nSPS) is 12.5. The first-order valence-electron chi connectivity index (χ1n) is 4.43. The molecule has 0 aliphatic rings. The molecule has 0 saturated carbocycles. The highest BCUT2D eigenvalue weighted by atomic mass is 35.5. The molecule has 0 aliphatic carbocycles. The number of nitrogens with one attached hydrogen (secondary N) is 1. The van der Waals surface area contributed by atoms with Crippen LogP contribution in [0.15, 0.2) is 0 Å². The van der Waals surface area contributed by atoms with E-state index in [2.05, 4.69) is 22.4 Å². The summed E-state index contributed by atoms with van der Waals surface area (Å²) in [5.74, 6) is -0.199. The van der Waals surface area contributed by atoms with E-state index in [-0.39, 0.29) is 11.9 Å². The second kappa shape index (κ2) is 5.26. The number of rotatable bonds is 4. The molecule has 4 nitrogen and oxygen atoms in total. The minimum absolute atomic E-state index is 0.162. The van der Waals surface area contributed by atoms with E-state index in [0.29, 0.717) is 9.47 Å². The number of amides is 1. The summed E-state index contributed by atoms with van der Waals surface area (Å²) in [4.78, 5) is 11.5. The zero-order valence-corrected chi connectivity index (χ0v) is 9.65. The van der Waals surface area contributed by atoms with Gasteiger partial charge in [0.25, 0.3) is 5.91 Å². The zero-order chi connectivity index (χ0) is 10.6. The van der Waals surface area contributed by atoms with Gasteiger partial charge in [-0.2, -0.15) is 0 Å². The van der Waals surface area contributed by atoms with Crippen LogP contribution in [0.25, 0.3) is 0 Å². The van der Waals surface area contributed by atoms with Crippen molar-refractivity contribution >= 4 is 28.8 Å². The maximum atomic E-state index is 11.5. The number of halogens is 1. The fourth-order valence-electron chi connectivity index (χ4n) is 1.09. The quantitative estimate of drug-likeness (QED) is 0.867. The molecule has 1 rings (SSSR count). The van der Waals surface area contributed by atoms with Crippen molar-refractivity contribution in [3.05, 3.63) is 9.47 Å². The van der Waals surface area contributed by atoms with Crippen molar-refractivity contribution in [1.29, 1.82) is 0 Å². The van der Waals surface area contributed by atoms with E-state index >= 15 is 0 Å². The number of carbonyl (C=O) groups excluding carboxylic acids is 1. The summed E-state index contributed by atoms with van der Waals surface area (Å²) in [7, 11) is 0. The van der Waals surface area contributed by atoms with Crippen molar-refractivity contribution in [2.24, 2.45) is 0 Å². The van der Waals surface area contributed by atoms with Gasteiger partial charge in [-0.15, -0.1) is 10.2 Å². The van der Waals surface area contributed by atoms with Gasteiger partial charge in [0, 0.05) is 6.04 Å². The van der Waals surface area contributed by atoms with Crippen molar-refractivity contribution in [3.8, 4) is 0 Å². The highest BCUT2D eigenvalue weighted by Crippen LogP contribution is 2.14. The lowest BCUT2D eigenvalue weighted by Crippen LogP contribution is -2.32. The molecule has 1 aromatic rings. The summed E-state index contributed by atoms with van der Waals surface area (Å²) in [6, 6.07) is 0.162. The molecule has 0 fully saturated rings. The van der Waals surface area contributed by atoms with Crippen LogP contribution in [0.4, 0.5) is 0 Å². The Morgan fingerprint density at radius 1 is 1.64 bits per heavy atom. The number of hydrogen-bond donors (Lipinski definition) is 1. The lowest BCUT2D eigenvalue weighted by molar-refractivity contribution is 0.0937. The van der Waals surface area contributed by atoms with E-state index in [0.717, 1.165) is 24.2 Å². The Morgan fingerprint density at radius 2 is 2.36 bits per heavy atom. The van der Waals surface area contributed by atoms with Gasteiger partial charge < -0.3 is 5.32 Å². The molecule has 1 amide bonds. The summed E-state index contributed by atoms with van der Waals surface area (Å²) in [5, 5.41) is 10.4. The predicted molar refractivity (Wildman–Crippen MR) is 56.8 cm³/mol. The third-order valence-electron chi connectivity index (χ3n) is 1.69. The van der Waals surface area contributed by atoms with Gasteiger partial charge in [0.2, 0.25) is 9.47 Å². The Labute approximate surface area is 91.7 Å². The molecule has 0 radical (unpaired) electrons. The molecule has 0 aromatic carbocycles. The Balaban J connectivity index is 2.50. The average molecular weight is 234 g/mol. The van der Waals surface area contributed by atoms with E-state index in [4.69, 9.17) is 11.6 Å². The van der Waals surface area contributed by atoms with Crippen LogP contribution in [0.2, 0.25) is 4.47 Å². The van der Waals surface area contributed by atoms with Gasteiger partial charge >= 0.3 is 0 Å². The van der Waals surface area contributed by atoms with Crippen molar-refractivity contribution in [2.45, 2.75) is 32.7 Å². The van der Waals surface area contributed by atoms with E-state index in [1.165, 1.54) is 0 Å². The Bertz CT molecular complexity index is 315. The average Bonchev–Trinajstić information content (AvgIpc) is 2.52. The van der Waals surface area contributed by atoms with Gasteiger partial charge in [0.1, 0.15) is 0 Å². The van der Waals surface area contributed by atoms with E-state index in [1.54, 1.807) is 0 Å². The molecule has 1 atom stereocenters. The van der Waals surface area contributed by atoms with Crippen LogP contribution >= 0.6 is 22.9 Å². The fourth-order valence-corrected chi connectivity index (χ4v) is 1.82. The largest absolute Gasteiger partial charge is 0.347 e. The SMILES string of the molecule is CCCC(C)NC(=O)c1nnc(Cl)s1. The van der Waals surface area contributed by atoms with Gasteiger partial charge in [-0.3, -0.25) is 4.79 Å². The van der Waals surface area contributed by atoms with Crippen molar-refractivity contribution in [3.63, 3.8) is 0 Å². The predicted octanol–water partition coefficient (Wildman–Crippen LogP) is 2.11. The maximum Gasteiger partial charge on any atom is 0.282 e. The first kappa shape index (κ1) is 11.4. The van der Waals surface area contributed by atoms with Crippen LogP contribution in [0.5, 0.6) is 0 Å². The molecule has 0 saturated heterocycles. The number of hydrogen-bond acceptors (Lipinski definition) is 4. The summed E-state index contributed by atoms with van der Waals surface area (Å²) >= 11 is 6.65. The molecule has 0 spiro atoms. The third kappa shape index (κ3) is 3.23. The van der Waals surface area contributed by atoms with E-state index in [9.17, 15) is 4.79 Å². The molecule has 78 valence electrons. The van der Waals surface area contributed by atoms with Gasteiger partial charge in [-0.1, -0.05) is 24.7 Å². The lowest BCUT2D eigenvalue weighted by atomic mass is 10.2. The molecule has 6 heteroatoms. The molecule has 1 aromatic heterocycles. The Morgan fingerprint density at radius 3 is 2.86 bits per heavy atom. The molecular formula is C8H12ClN3OS. The minimum atomic E-state index is -0.199. The maximum absolute atomic E-state index is 11.5. The summed E-state index contributed by atoms with van der Waals surface area (Å²) < 4.78 is 0.290. The number of aromatic nitrogens is 2.